The van der Waals surface area contributed by atoms with Crippen molar-refractivity contribution in [3.8, 4) is 6.07 Å². The number of rotatable bonds is 4. The Bertz CT molecular complexity index is 880. The van der Waals surface area contributed by atoms with Crippen molar-refractivity contribution in [2.75, 3.05) is 0 Å². The molecule has 1 aromatic carbocycles. The summed E-state index contributed by atoms with van der Waals surface area (Å²) in [5.41, 5.74) is -0.286. The molecule has 0 aliphatic heterocycles. The van der Waals surface area contributed by atoms with Crippen molar-refractivity contribution in [2.45, 2.75) is 31.0 Å². The molecule has 2 N–H and O–H groups in total. The van der Waals surface area contributed by atoms with Crippen LogP contribution in [0, 0.1) is 11.3 Å². The van der Waals surface area contributed by atoms with Crippen molar-refractivity contribution in [3.05, 3.63) is 65.3 Å². The third kappa shape index (κ3) is 3.16. The lowest BCUT2D eigenvalue weighted by atomic mass is 9.85. The molecule has 5 nitrogen and oxygen atoms in total. The van der Waals surface area contributed by atoms with Crippen molar-refractivity contribution in [2.24, 2.45) is 0 Å². The highest BCUT2D eigenvalue weighted by Crippen LogP contribution is 2.31. The number of hydrogen-bond acceptors (Lipinski definition) is 3. The molecule has 6 heteroatoms. The van der Waals surface area contributed by atoms with E-state index in [1.807, 2.05) is 36.4 Å². The fraction of sp³-hybridized carbons (Fsp3) is 0.250. The summed E-state index contributed by atoms with van der Waals surface area (Å²) in [6.45, 7) is 0. The summed E-state index contributed by atoms with van der Waals surface area (Å²) in [5.74, 6) is -1.86. The lowest BCUT2D eigenvalue weighted by Crippen LogP contribution is -2.53. The number of carbonyl (C=O) groups excluding carboxylic acids is 1. The van der Waals surface area contributed by atoms with Gasteiger partial charge in [0.05, 0.1) is 6.07 Å². The first kappa shape index (κ1) is 17.6. The van der Waals surface area contributed by atoms with Gasteiger partial charge >= 0.3 is 5.97 Å². The molecule has 1 aromatic rings. The normalized spacial score (nSPS) is 24.8. The Hall–Kier alpha value is -3.20. The van der Waals surface area contributed by atoms with E-state index < -0.39 is 23.6 Å². The third-order valence-electron chi connectivity index (χ3n) is 4.65. The third-order valence-corrected chi connectivity index (χ3v) is 4.65. The highest BCUT2D eigenvalue weighted by Gasteiger charge is 2.41. The lowest BCUT2D eigenvalue weighted by molar-refractivity contribution is -0.133. The van der Waals surface area contributed by atoms with Crippen LogP contribution in [0.1, 0.15) is 24.8 Å². The van der Waals surface area contributed by atoms with E-state index in [1.165, 1.54) is 12.2 Å². The molecule has 26 heavy (non-hydrogen) atoms. The largest absolute Gasteiger partial charge is 0.478 e. The molecule has 1 amide bonds. The van der Waals surface area contributed by atoms with Gasteiger partial charge in [-0.05, 0) is 42.6 Å². The maximum atomic E-state index is 14.8. The standard InChI is InChI=1S/C20H17FN2O3/c21-17-11-14(13-5-2-1-3-6-13)9-10-20(17,12-22)23-18(24)15-7-4-8-16(15)19(25)26/h1-3,5-6,9-11,17H,4,7-8H2,(H,23,24)(H,25,26). The van der Waals surface area contributed by atoms with Gasteiger partial charge in [0.2, 0.25) is 5.91 Å². The van der Waals surface area contributed by atoms with Gasteiger partial charge in [-0.1, -0.05) is 36.4 Å². The van der Waals surface area contributed by atoms with Gasteiger partial charge < -0.3 is 10.4 Å². The molecule has 0 radical (unpaired) electrons. The van der Waals surface area contributed by atoms with Gasteiger partial charge in [-0.25, -0.2) is 9.18 Å². The first-order valence-corrected chi connectivity index (χ1v) is 8.26. The van der Waals surface area contributed by atoms with Crippen LogP contribution < -0.4 is 5.32 Å². The summed E-state index contributed by atoms with van der Waals surface area (Å²) in [4.78, 5) is 23.7. The van der Waals surface area contributed by atoms with Gasteiger partial charge in [0.15, 0.2) is 11.7 Å². The summed E-state index contributed by atoms with van der Waals surface area (Å²) < 4.78 is 14.8. The molecule has 0 aromatic heterocycles. The van der Waals surface area contributed by atoms with Crippen LogP contribution in [0.2, 0.25) is 0 Å². The number of carboxylic acid groups (broad SMARTS) is 1. The molecule has 0 saturated carbocycles. The maximum Gasteiger partial charge on any atom is 0.332 e. The van der Waals surface area contributed by atoms with Crippen molar-refractivity contribution in [3.63, 3.8) is 0 Å². The molecule has 0 bridgehead atoms. The smallest absolute Gasteiger partial charge is 0.332 e. The molecule has 2 aliphatic carbocycles. The van der Waals surface area contributed by atoms with E-state index in [0.29, 0.717) is 24.8 Å². The minimum absolute atomic E-state index is 0.0336. The number of hydrogen-bond donors (Lipinski definition) is 2. The number of carbonyl (C=O) groups is 2. The van der Waals surface area contributed by atoms with E-state index in [1.54, 1.807) is 6.08 Å². The highest BCUT2D eigenvalue weighted by atomic mass is 19.1. The van der Waals surface area contributed by atoms with Crippen LogP contribution in [0.15, 0.2) is 59.7 Å². The molecule has 0 fully saturated rings. The Kier molecular flexibility index (Phi) is 4.72. The number of alkyl halides is 1. The second kappa shape index (κ2) is 6.96. The topological polar surface area (TPSA) is 90.2 Å². The van der Waals surface area contributed by atoms with Crippen LogP contribution in [0.4, 0.5) is 4.39 Å². The summed E-state index contributed by atoms with van der Waals surface area (Å²) in [6, 6.07) is 11.0. The molecular weight excluding hydrogens is 335 g/mol. The van der Waals surface area contributed by atoms with Crippen molar-refractivity contribution < 1.29 is 19.1 Å². The Morgan fingerprint density at radius 2 is 1.92 bits per heavy atom. The molecular formula is C20H17FN2O3. The van der Waals surface area contributed by atoms with Crippen LogP contribution in [0.25, 0.3) is 5.57 Å². The first-order chi connectivity index (χ1) is 12.5. The van der Waals surface area contributed by atoms with Crippen LogP contribution >= 0.6 is 0 Å². The van der Waals surface area contributed by atoms with Crippen LogP contribution in [0.5, 0.6) is 0 Å². The van der Waals surface area contributed by atoms with Crippen LogP contribution in [-0.4, -0.2) is 28.7 Å². The minimum Gasteiger partial charge on any atom is -0.478 e. The fourth-order valence-electron chi connectivity index (χ4n) is 3.21. The fourth-order valence-corrected chi connectivity index (χ4v) is 3.21. The van der Waals surface area contributed by atoms with E-state index in [2.05, 4.69) is 5.32 Å². The number of allylic oxidation sites excluding steroid dienone is 2. The maximum absolute atomic E-state index is 14.8. The van der Waals surface area contributed by atoms with Gasteiger partial charge in [-0.2, -0.15) is 5.26 Å². The Morgan fingerprint density at radius 1 is 1.23 bits per heavy atom. The number of halogens is 1. The summed E-state index contributed by atoms with van der Waals surface area (Å²) >= 11 is 0. The predicted octanol–water partition coefficient (Wildman–Crippen LogP) is 2.92. The van der Waals surface area contributed by atoms with Crippen molar-refractivity contribution in [1.82, 2.24) is 5.32 Å². The summed E-state index contributed by atoms with van der Waals surface area (Å²) in [5, 5.41) is 21.1. The Balaban J connectivity index is 1.85. The average Bonchev–Trinajstić information content (AvgIpc) is 3.14. The second-order valence-electron chi connectivity index (χ2n) is 6.27. The van der Waals surface area contributed by atoms with Gasteiger partial charge in [-0.3, -0.25) is 4.79 Å². The molecule has 132 valence electrons. The summed E-state index contributed by atoms with van der Waals surface area (Å²) in [7, 11) is 0. The molecule has 3 rings (SSSR count). The van der Waals surface area contributed by atoms with E-state index in [9.17, 15) is 24.3 Å². The average molecular weight is 352 g/mol. The number of benzene rings is 1. The van der Waals surface area contributed by atoms with E-state index in [4.69, 9.17) is 0 Å². The number of carboxylic acids is 1. The quantitative estimate of drug-likeness (QED) is 0.872. The summed E-state index contributed by atoms with van der Waals surface area (Å²) in [6.07, 6.45) is 3.61. The molecule has 2 unspecified atom stereocenters. The molecule has 2 atom stereocenters. The minimum atomic E-state index is -1.85. The molecule has 0 saturated heterocycles. The zero-order valence-corrected chi connectivity index (χ0v) is 13.9. The number of aliphatic carboxylic acids is 1. The lowest BCUT2D eigenvalue weighted by Gasteiger charge is -2.30. The van der Waals surface area contributed by atoms with E-state index >= 15 is 0 Å². The molecule has 0 heterocycles. The van der Waals surface area contributed by atoms with Crippen molar-refractivity contribution >= 4 is 17.4 Å². The monoisotopic (exact) mass is 352 g/mol. The molecule has 0 spiro atoms. The van der Waals surface area contributed by atoms with Gasteiger partial charge in [0.25, 0.3) is 0 Å². The second-order valence-corrected chi connectivity index (χ2v) is 6.27. The highest BCUT2D eigenvalue weighted by molar-refractivity contribution is 6.03. The number of nitrogens with one attached hydrogen (secondary N) is 1. The van der Waals surface area contributed by atoms with Crippen molar-refractivity contribution in [1.29, 1.82) is 5.26 Å². The number of nitrogens with zero attached hydrogens (tertiary/aromatic N) is 1. The number of nitriles is 1. The van der Waals surface area contributed by atoms with Crippen LogP contribution in [0.3, 0.4) is 0 Å². The number of amides is 1. The SMILES string of the molecule is N#CC1(NC(=O)C2=C(C(=O)O)CCC2)C=CC(c2ccccc2)=CC1F. The Morgan fingerprint density at radius 3 is 2.54 bits per heavy atom. The zero-order chi connectivity index (χ0) is 18.7. The van der Waals surface area contributed by atoms with Crippen LogP contribution in [-0.2, 0) is 9.59 Å². The van der Waals surface area contributed by atoms with Gasteiger partial charge in [0.1, 0.15) is 0 Å². The Labute approximate surface area is 150 Å². The van der Waals surface area contributed by atoms with E-state index in [0.717, 1.165) is 5.56 Å². The molecule has 2 aliphatic rings. The van der Waals surface area contributed by atoms with E-state index in [-0.39, 0.29) is 11.1 Å². The van der Waals surface area contributed by atoms with Gasteiger partial charge in [0, 0.05) is 11.1 Å². The van der Waals surface area contributed by atoms with Gasteiger partial charge in [-0.15, -0.1) is 0 Å². The predicted molar refractivity (Wildman–Crippen MR) is 93.5 cm³/mol. The zero-order valence-electron chi connectivity index (χ0n) is 13.9. The first-order valence-electron chi connectivity index (χ1n) is 8.26.